The average molecular weight is 658 g/mol. The minimum Gasteiger partial charge on any atom is -0.456 e. The molecule has 0 bridgehead atoms. The molecule has 11 rings (SSSR count). The van der Waals surface area contributed by atoms with Crippen molar-refractivity contribution in [3.63, 3.8) is 0 Å². The van der Waals surface area contributed by atoms with Gasteiger partial charge in [0.1, 0.15) is 22.3 Å². The largest absolute Gasteiger partial charge is 0.456 e. The number of benzene rings is 8. The van der Waals surface area contributed by atoms with Crippen LogP contribution in [0.1, 0.15) is 0 Å². The summed E-state index contributed by atoms with van der Waals surface area (Å²) in [6, 6.07) is 58.2. The topological polar surface area (TPSA) is 29.5 Å². The molecule has 50 heavy (non-hydrogen) atoms. The number of hydrogen-bond acceptors (Lipinski definition) is 4. The standard InChI is InChI=1S/C46H27NO2S/c1-2-11-32-28(9-1)10-7-14-33(32)29-19-21-30(22-20-29)47(31-23-24-35-34-12-3-5-16-39(34)48-42(35)27-31)38-15-8-17-40-44(38)45-41(49-40)26-25-37-36-13-4-6-18-43(36)50-46(37)45/h1-27H. The molecule has 0 fully saturated rings. The molecule has 0 aliphatic heterocycles. The zero-order valence-corrected chi connectivity index (χ0v) is 27.6. The summed E-state index contributed by atoms with van der Waals surface area (Å²) in [5.74, 6) is 0. The first kappa shape index (κ1) is 27.6. The normalized spacial score (nSPS) is 12.0. The van der Waals surface area contributed by atoms with Crippen molar-refractivity contribution < 1.29 is 8.83 Å². The van der Waals surface area contributed by atoms with Gasteiger partial charge in [0, 0.05) is 53.8 Å². The molecule has 0 radical (unpaired) electrons. The predicted octanol–water partition coefficient (Wildman–Crippen LogP) is 14.1. The van der Waals surface area contributed by atoms with Gasteiger partial charge in [-0.15, -0.1) is 11.3 Å². The highest BCUT2D eigenvalue weighted by molar-refractivity contribution is 7.26. The number of nitrogens with zero attached hydrogens (tertiary/aromatic N) is 1. The van der Waals surface area contributed by atoms with Crippen LogP contribution in [-0.2, 0) is 0 Å². The second kappa shape index (κ2) is 10.6. The van der Waals surface area contributed by atoms with Crippen LogP contribution in [0.3, 0.4) is 0 Å². The fourth-order valence-electron chi connectivity index (χ4n) is 7.80. The third kappa shape index (κ3) is 4.03. The molecule has 0 unspecified atom stereocenters. The lowest BCUT2D eigenvalue weighted by molar-refractivity contribution is 0.669. The fraction of sp³-hybridized carbons (Fsp3) is 0. The summed E-state index contributed by atoms with van der Waals surface area (Å²) in [4.78, 5) is 2.35. The number of anilines is 3. The van der Waals surface area contributed by atoms with E-state index in [2.05, 4.69) is 157 Å². The minimum absolute atomic E-state index is 0.859. The lowest BCUT2D eigenvalue weighted by atomic mass is 9.98. The van der Waals surface area contributed by atoms with Gasteiger partial charge in [0.2, 0.25) is 0 Å². The highest BCUT2D eigenvalue weighted by Gasteiger charge is 2.23. The molecule has 0 saturated heterocycles. The summed E-state index contributed by atoms with van der Waals surface area (Å²) >= 11 is 1.83. The maximum Gasteiger partial charge on any atom is 0.137 e. The van der Waals surface area contributed by atoms with Gasteiger partial charge >= 0.3 is 0 Å². The molecule has 3 heterocycles. The number of rotatable bonds is 4. The summed E-state index contributed by atoms with van der Waals surface area (Å²) < 4.78 is 15.6. The van der Waals surface area contributed by atoms with Crippen molar-refractivity contribution in [1.29, 1.82) is 0 Å². The van der Waals surface area contributed by atoms with Crippen LogP contribution in [0.5, 0.6) is 0 Å². The van der Waals surface area contributed by atoms with Crippen molar-refractivity contribution in [1.82, 2.24) is 0 Å². The van der Waals surface area contributed by atoms with E-state index in [1.807, 2.05) is 23.5 Å². The van der Waals surface area contributed by atoms with Gasteiger partial charge in [-0.05, 0) is 82.6 Å². The second-order valence-electron chi connectivity index (χ2n) is 12.9. The quantitative estimate of drug-likeness (QED) is 0.189. The lowest BCUT2D eigenvalue weighted by Crippen LogP contribution is -2.10. The summed E-state index contributed by atoms with van der Waals surface area (Å²) in [5, 5.41) is 9.49. The minimum atomic E-state index is 0.859. The van der Waals surface area contributed by atoms with E-state index in [0.29, 0.717) is 0 Å². The summed E-state index contributed by atoms with van der Waals surface area (Å²) in [6.45, 7) is 0. The molecule has 3 nitrogen and oxygen atoms in total. The van der Waals surface area contributed by atoms with Crippen LogP contribution in [0.15, 0.2) is 173 Å². The van der Waals surface area contributed by atoms with Gasteiger partial charge in [0.15, 0.2) is 0 Å². The van der Waals surface area contributed by atoms with Crippen molar-refractivity contribution in [3.8, 4) is 11.1 Å². The Balaban J connectivity index is 1.17. The summed E-state index contributed by atoms with van der Waals surface area (Å²) in [6.07, 6.45) is 0. The number of thiophene rings is 1. The van der Waals surface area contributed by atoms with Crippen LogP contribution >= 0.6 is 11.3 Å². The molecular weight excluding hydrogens is 631 g/mol. The zero-order valence-electron chi connectivity index (χ0n) is 26.8. The van der Waals surface area contributed by atoms with E-state index in [1.165, 1.54) is 42.1 Å². The van der Waals surface area contributed by atoms with Crippen molar-refractivity contribution >= 4 is 103 Å². The maximum absolute atomic E-state index is 6.61. The van der Waals surface area contributed by atoms with Gasteiger partial charge < -0.3 is 13.7 Å². The Hall–Kier alpha value is -6.36. The van der Waals surface area contributed by atoms with E-state index in [-0.39, 0.29) is 0 Å². The van der Waals surface area contributed by atoms with Crippen LogP contribution in [0.4, 0.5) is 17.1 Å². The molecular formula is C46H27NO2S. The summed E-state index contributed by atoms with van der Waals surface area (Å²) in [7, 11) is 0. The Morgan fingerprint density at radius 1 is 0.420 bits per heavy atom. The van der Waals surface area contributed by atoms with E-state index in [9.17, 15) is 0 Å². The molecule has 0 N–H and O–H groups in total. The van der Waals surface area contributed by atoms with Gasteiger partial charge in [-0.25, -0.2) is 0 Å². The average Bonchev–Trinajstić information content (AvgIpc) is 3.86. The van der Waals surface area contributed by atoms with Crippen molar-refractivity contribution in [3.05, 3.63) is 164 Å². The zero-order chi connectivity index (χ0) is 32.8. The molecule has 0 aliphatic carbocycles. The third-order valence-corrected chi connectivity index (χ3v) is 11.3. The van der Waals surface area contributed by atoms with Crippen LogP contribution in [0, 0.1) is 0 Å². The molecule has 4 heteroatoms. The Morgan fingerprint density at radius 2 is 1.08 bits per heavy atom. The number of furan rings is 2. The molecule has 0 saturated carbocycles. The summed E-state index contributed by atoms with van der Waals surface area (Å²) in [5.41, 5.74) is 9.03. The van der Waals surface area contributed by atoms with Crippen molar-refractivity contribution in [2.45, 2.75) is 0 Å². The number of para-hydroxylation sites is 1. The third-order valence-electron chi connectivity index (χ3n) is 10.1. The monoisotopic (exact) mass is 657 g/mol. The van der Waals surface area contributed by atoms with E-state index >= 15 is 0 Å². The van der Waals surface area contributed by atoms with Crippen molar-refractivity contribution in [2.75, 3.05) is 4.90 Å². The first-order chi connectivity index (χ1) is 24.8. The second-order valence-corrected chi connectivity index (χ2v) is 13.9. The lowest BCUT2D eigenvalue weighted by Gasteiger charge is -2.26. The van der Waals surface area contributed by atoms with Gasteiger partial charge in [-0.3, -0.25) is 0 Å². The van der Waals surface area contributed by atoms with Gasteiger partial charge in [0.05, 0.1) is 11.1 Å². The van der Waals surface area contributed by atoms with Gasteiger partial charge in [0.25, 0.3) is 0 Å². The van der Waals surface area contributed by atoms with E-state index in [4.69, 9.17) is 8.83 Å². The molecule has 8 aromatic carbocycles. The van der Waals surface area contributed by atoms with E-state index in [1.54, 1.807) is 0 Å². The molecule has 11 aromatic rings. The SMILES string of the molecule is c1ccc2c(-c3ccc(N(c4ccc5c(c4)oc4ccccc45)c4cccc5oc6ccc7c8ccccc8sc7c6c45)cc3)cccc2c1. The molecule has 0 aliphatic rings. The molecule has 0 amide bonds. The highest BCUT2D eigenvalue weighted by Crippen LogP contribution is 2.48. The van der Waals surface area contributed by atoms with Crippen LogP contribution < -0.4 is 4.90 Å². The van der Waals surface area contributed by atoms with Gasteiger partial charge in [-0.1, -0.05) is 97.1 Å². The Kier molecular flexibility index (Phi) is 5.83. The van der Waals surface area contributed by atoms with Crippen molar-refractivity contribution in [2.24, 2.45) is 0 Å². The van der Waals surface area contributed by atoms with Crippen LogP contribution in [-0.4, -0.2) is 0 Å². The number of fused-ring (bicyclic) bond motifs is 11. The molecule has 234 valence electrons. The first-order valence-corrected chi connectivity index (χ1v) is 17.7. The molecule has 0 atom stereocenters. The van der Waals surface area contributed by atoms with E-state index in [0.717, 1.165) is 60.9 Å². The van der Waals surface area contributed by atoms with Gasteiger partial charge in [-0.2, -0.15) is 0 Å². The Labute approximate surface area is 290 Å². The van der Waals surface area contributed by atoms with E-state index < -0.39 is 0 Å². The van der Waals surface area contributed by atoms with Crippen LogP contribution in [0.2, 0.25) is 0 Å². The fourth-order valence-corrected chi connectivity index (χ4v) is 9.05. The Bertz CT molecular complexity index is 3100. The number of hydrogen-bond donors (Lipinski definition) is 0. The van der Waals surface area contributed by atoms with Crippen LogP contribution in [0.25, 0.3) is 85.9 Å². The smallest absolute Gasteiger partial charge is 0.137 e. The molecule has 3 aromatic heterocycles. The molecule has 0 spiro atoms. The first-order valence-electron chi connectivity index (χ1n) is 16.8. The highest BCUT2D eigenvalue weighted by atomic mass is 32.1. The maximum atomic E-state index is 6.61. The Morgan fingerprint density at radius 3 is 2.00 bits per heavy atom. The predicted molar refractivity (Wildman–Crippen MR) is 212 cm³/mol.